The van der Waals surface area contributed by atoms with Crippen LogP contribution in [-0.4, -0.2) is 11.2 Å². The average Bonchev–Trinajstić information content (AvgIpc) is 1.88. The fraction of sp³-hybridized carbons (Fsp3) is 0.500. The molecule has 0 radical (unpaired) electrons. The maximum absolute atomic E-state index is 9.59. The lowest BCUT2D eigenvalue weighted by Crippen LogP contribution is -1.92. The molecule has 0 heterocycles. The van der Waals surface area contributed by atoms with Gasteiger partial charge in [-0.15, -0.1) is 0 Å². The molecule has 1 N–H and O–H groups in total. The van der Waals surface area contributed by atoms with Crippen molar-refractivity contribution >= 4 is 5.97 Å². The van der Waals surface area contributed by atoms with Crippen molar-refractivity contribution in [2.45, 2.75) is 20.3 Å². The van der Waals surface area contributed by atoms with E-state index in [2.05, 4.69) is 25.3 Å². The zero-order chi connectivity index (χ0) is 7.70. The smallest absolute Gasteiger partial charge is 0.296 e. The van der Waals surface area contributed by atoms with Crippen molar-refractivity contribution in [1.29, 1.82) is 0 Å². The Morgan fingerprint density at radius 1 is 1.78 bits per heavy atom. The third-order valence-corrected chi connectivity index (χ3v) is 0.257. The molecule has 0 atom stereocenters. The van der Waals surface area contributed by atoms with Crippen LogP contribution < -0.4 is 0 Å². The molecule has 0 saturated carbocycles. The molecule has 0 aliphatic rings. The van der Waals surface area contributed by atoms with E-state index >= 15 is 0 Å². The largest absolute Gasteiger partial charge is 0.365 e. The monoisotopic (exact) mass is 132 g/mol. The summed E-state index contributed by atoms with van der Waals surface area (Å²) in [6.45, 7) is 7.25. The van der Waals surface area contributed by atoms with Gasteiger partial charge in [-0.2, -0.15) is 5.26 Å². The summed E-state index contributed by atoms with van der Waals surface area (Å²) < 4.78 is 0. The van der Waals surface area contributed by atoms with Gasteiger partial charge >= 0.3 is 5.97 Å². The van der Waals surface area contributed by atoms with E-state index in [0.717, 1.165) is 6.08 Å². The van der Waals surface area contributed by atoms with Crippen molar-refractivity contribution in [2.24, 2.45) is 0 Å². The highest BCUT2D eigenvalue weighted by Gasteiger charge is 1.85. The highest BCUT2D eigenvalue weighted by atomic mass is 17.1. The highest BCUT2D eigenvalue weighted by molar-refractivity contribution is 5.80. The summed E-state index contributed by atoms with van der Waals surface area (Å²) in [4.78, 5) is 12.7. The number of carbonyl (C=O) groups excluding carboxylic acids is 1. The van der Waals surface area contributed by atoms with Gasteiger partial charge in [0.15, 0.2) is 0 Å². The van der Waals surface area contributed by atoms with Crippen LogP contribution in [0.1, 0.15) is 20.3 Å². The van der Waals surface area contributed by atoms with E-state index in [4.69, 9.17) is 5.26 Å². The van der Waals surface area contributed by atoms with Gasteiger partial charge < -0.3 is 0 Å². The van der Waals surface area contributed by atoms with Gasteiger partial charge in [-0.05, 0) is 0 Å². The Bertz CT molecular complexity index is 78.4. The molecule has 0 amide bonds. The van der Waals surface area contributed by atoms with Crippen LogP contribution >= 0.6 is 0 Å². The van der Waals surface area contributed by atoms with Gasteiger partial charge in [0.1, 0.15) is 0 Å². The van der Waals surface area contributed by atoms with Crippen molar-refractivity contribution in [3.05, 3.63) is 12.7 Å². The molecule has 3 heteroatoms. The molecule has 0 aromatic carbocycles. The second kappa shape index (κ2) is 10.2. The number of hydrogen-bond acceptors (Lipinski definition) is 3. The molecule has 0 unspecified atom stereocenters. The van der Waals surface area contributed by atoms with E-state index in [-0.39, 0.29) is 0 Å². The second-order valence-electron chi connectivity index (χ2n) is 1.32. The first kappa shape index (κ1) is 11.0. The standard InChI is InChI=1S/C3H4O3.C3H8/c1-2-3(4)6-5;1-3-2/h2,5H,1H2;3H2,1-2H3. The van der Waals surface area contributed by atoms with E-state index in [1.807, 2.05) is 0 Å². The Labute approximate surface area is 54.9 Å². The summed E-state index contributed by atoms with van der Waals surface area (Å²) in [5.41, 5.74) is 0. The van der Waals surface area contributed by atoms with Gasteiger partial charge in [0.25, 0.3) is 0 Å². The van der Waals surface area contributed by atoms with Crippen molar-refractivity contribution in [3.8, 4) is 0 Å². The van der Waals surface area contributed by atoms with Crippen molar-refractivity contribution in [3.63, 3.8) is 0 Å². The zero-order valence-corrected chi connectivity index (χ0v) is 5.76. The summed E-state index contributed by atoms with van der Waals surface area (Å²) in [6.07, 6.45) is 2.11. The second-order valence-corrected chi connectivity index (χ2v) is 1.32. The first-order chi connectivity index (χ1) is 4.22. The minimum atomic E-state index is -0.838. The topological polar surface area (TPSA) is 46.5 Å². The van der Waals surface area contributed by atoms with Gasteiger partial charge in [0.05, 0.1) is 0 Å². The summed E-state index contributed by atoms with van der Waals surface area (Å²) in [6, 6.07) is 0. The van der Waals surface area contributed by atoms with Gasteiger partial charge in [0.2, 0.25) is 0 Å². The minimum Gasteiger partial charge on any atom is -0.296 e. The van der Waals surface area contributed by atoms with Gasteiger partial charge in [-0.25, -0.2) is 4.79 Å². The van der Waals surface area contributed by atoms with Gasteiger partial charge in [-0.1, -0.05) is 26.8 Å². The molecule has 0 spiro atoms. The Morgan fingerprint density at radius 2 is 2.11 bits per heavy atom. The van der Waals surface area contributed by atoms with Crippen LogP contribution in [0.2, 0.25) is 0 Å². The molecule has 0 rings (SSSR count). The van der Waals surface area contributed by atoms with Crippen LogP contribution in [0.3, 0.4) is 0 Å². The Kier molecular flexibility index (Phi) is 12.5. The molecule has 0 aromatic heterocycles. The summed E-state index contributed by atoms with van der Waals surface area (Å²) in [7, 11) is 0. The number of hydrogen-bond donors (Lipinski definition) is 1. The van der Waals surface area contributed by atoms with Crippen LogP contribution in [0.4, 0.5) is 0 Å². The lowest BCUT2D eigenvalue weighted by Gasteiger charge is -1.78. The molecule has 0 bridgehead atoms. The third kappa shape index (κ3) is 19.1. The van der Waals surface area contributed by atoms with Crippen LogP contribution in [-0.2, 0) is 9.68 Å². The summed E-state index contributed by atoms with van der Waals surface area (Å²) >= 11 is 0. The molecular formula is C6H12O3. The first-order valence-electron chi connectivity index (χ1n) is 2.70. The van der Waals surface area contributed by atoms with Crippen molar-refractivity contribution in [2.75, 3.05) is 0 Å². The van der Waals surface area contributed by atoms with E-state index in [9.17, 15) is 4.79 Å². The Hall–Kier alpha value is -0.830. The minimum absolute atomic E-state index is 0.838. The molecule has 9 heavy (non-hydrogen) atoms. The third-order valence-electron chi connectivity index (χ3n) is 0.257. The van der Waals surface area contributed by atoms with Crippen molar-refractivity contribution in [1.82, 2.24) is 0 Å². The summed E-state index contributed by atoms with van der Waals surface area (Å²) in [5.74, 6) is -0.838. The zero-order valence-electron chi connectivity index (χ0n) is 5.76. The predicted molar refractivity (Wildman–Crippen MR) is 34.9 cm³/mol. The molecule has 0 saturated heterocycles. The molecule has 54 valence electrons. The van der Waals surface area contributed by atoms with Crippen LogP contribution in [0.25, 0.3) is 0 Å². The Balaban J connectivity index is 0. The fourth-order valence-corrected chi connectivity index (χ4v) is 0.0373. The highest BCUT2D eigenvalue weighted by Crippen LogP contribution is 1.67. The molecule has 0 fully saturated rings. The van der Waals surface area contributed by atoms with E-state index in [0.29, 0.717) is 0 Å². The quantitative estimate of drug-likeness (QED) is 0.335. The number of carbonyl (C=O) groups is 1. The van der Waals surface area contributed by atoms with Crippen molar-refractivity contribution < 1.29 is 14.9 Å². The normalized spacial score (nSPS) is 6.56. The predicted octanol–water partition coefficient (Wildman–Crippen LogP) is 1.60. The first-order valence-corrected chi connectivity index (χ1v) is 2.70. The van der Waals surface area contributed by atoms with E-state index in [1.165, 1.54) is 6.42 Å². The van der Waals surface area contributed by atoms with Crippen LogP contribution in [0, 0.1) is 0 Å². The number of rotatable bonds is 1. The molecule has 0 aliphatic heterocycles. The van der Waals surface area contributed by atoms with Crippen LogP contribution in [0.15, 0.2) is 12.7 Å². The van der Waals surface area contributed by atoms with Crippen LogP contribution in [0.5, 0.6) is 0 Å². The maximum Gasteiger partial charge on any atom is 0.365 e. The summed E-state index contributed by atoms with van der Waals surface area (Å²) in [5, 5.41) is 7.41. The molecule has 0 aromatic rings. The fourth-order valence-electron chi connectivity index (χ4n) is 0.0373. The Morgan fingerprint density at radius 3 is 2.11 bits per heavy atom. The van der Waals surface area contributed by atoms with E-state index < -0.39 is 5.97 Å². The van der Waals surface area contributed by atoms with Gasteiger partial charge in [-0.3, -0.25) is 4.89 Å². The molecular weight excluding hydrogens is 120 g/mol. The SMILES string of the molecule is C=CC(=O)OO.CCC. The lowest BCUT2D eigenvalue weighted by atomic mass is 10.6. The van der Waals surface area contributed by atoms with Gasteiger partial charge in [0, 0.05) is 6.08 Å². The maximum atomic E-state index is 9.59. The lowest BCUT2D eigenvalue weighted by molar-refractivity contribution is -0.228. The molecule has 0 aliphatic carbocycles. The average molecular weight is 132 g/mol. The molecule has 3 nitrogen and oxygen atoms in total. The van der Waals surface area contributed by atoms with E-state index in [1.54, 1.807) is 0 Å².